The molecule has 4 amide bonds. The number of amides is 4. The van der Waals surface area contributed by atoms with Gasteiger partial charge in [0, 0.05) is 35.7 Å². The number of rotatable bonds is 3. The van der Waals surface area contributed by atoms with Crippen molar-refractivity contribution in [2.45, 2.75) is 58.3 Å². The van der Waals surface area contributed by atoms with E-state index in [1.165, 1.54) is 4.90 Å². The van der Waals surface area contributed by atoms with Gasteiger partial charge in [0.1, 0.15) is 11.6 Å². The number of imide groups is 1. The van der Waals surface area contributed by atoms with Crippen molar-refractivity contribution in [3.63, 3.8) is 0 Å². The van der Waals surface area contributed by atoms with Crippen LogP contribution in [0.1, 0.15) is 55.1 Å². The van der Waals surface area contributed by atoms with Gasteiger partial charge in [0.05, 0.1) is 0 Å². The van der Waals surface area contributed by atoms with Crippen LogP contribution < -0.4 is 10.6 Å². The van der Waals surface area contributed by atoms with Gasteiger partial charge in [-0.05, 0) is 44.9 Å². The van der Waals surface area contributed by atoms with Crippen molar-refractivity contribution in [3.05, 3.63) is 33.8 Å². The Morgan fingerprint density at radius 2 is 2.04 bits per heavy atom. The number of nitrogens with one attached hydrogen (secondary N) is 2. The number of halogens is 1. The van der Waals surface area contributed by atoms with Crippen LogP contribution in [-0.2, 0) is 27.4 Å². The van der Waals surface area contributed by atoms with Gasteiger partial charge in [-0.3, -0.25) is 19.7 Å². The second-order valence-corrected chi connectivity index (χ2v) is 8.27. The lowest BCUT2D eigenvalue weighted by Gasteiger charge is -2.29. The summed E-state index contributed by atoms with van der Waals surface area (Å²) in [6.45, 7) is 5.65. The van der Waals surface area contributed by atoms with Crippen molar-refractivity contribution < 1.29 is 23.9 Å². The molecule has 1 aromatic rings. The Morgan fingerprint density at radius 1 is 1.32 bits per heavy atom. The molecule has 1 fully saturated rings. The lowest BCUT2D eigenvalue weighted by Crippen LogP contribution is -2.52. The number of carbonyl (C=O) groups is 4. The van der Waals surface area contributed by atoms with Gasteiger partial charge in [0.15, 0.2) is 0 Å². The molecule has 0 aromatic heterocycles. The summed E-state index contributed by atoms with van der Waals surface area (Å²) in [7, 11) is 0. The molecule has 0 bridgehead atoms. The molecule has 1 saturated heterocycles. The highest BCUT2D eigenvalue weighted by Crippen LogP contribution is 2.33. The van der Waals surface area contributed by atoms with Crippen LogP contribution in [0.5, 0.6) is 0 Å². The summed E-state index contributed by atoms with van der Waals surface area (Å²) in [5.74, 6) is -1.12. The van der Waals surface area contributed by atoms with Crippen molar-refractivity contribution in [3.8, 4) is 0 Å². The Hall–Kier alpha value is -2.61. The topological polar surface area (TPSA) is 105 Å². The van der Waals surface area contributed by atoms with E-state index >= 15 is 0 Å². The second-order valence-electron chi connectivity index (χ2n) is 7.86. The highest BCUT2D eigenvalue weighted by molar-refractivity contribution is 6.32. The van der Waals surface area contributed by atoms with Gasteiger partial charge < -0.3 is 15.0 Å². The maximum absolute atomic E-state index is 12.8. The number of ether oxygens (including phenoxy) is 1. The summed E-state index contributed by atoms with van der Waals surface area (Å²) >= 11 is 6.35. The molecule has 0 spiro atoms. The van der Waals surface area contributed by atoms with Gasteiger partial charge in [-0.1, -0.05) is 11.6 Å². The first-order valence-electron chi connectivity index (χ1n) is 8.98. The zero-order chi connectivity index (χ0) is 20.6. The third-order valence-electron chi connectivity index (χ3n) is 4.50. The van der Waals surface area contributed by atoms with Crippen molar-refractivity contribution in [1.82, 2.24) is 15.5 Å². The molecule has 9 heteroatoms. The number of nitrogens with zero attached hydrogens (tertiary/aromatic N) is 1. The fourth-order valence-electron chi connectivity index (χ4n) is 3.26. The van der Waals surface area contributed by atoms with Crippen LogP contribution in [0.25, 0.3) is 0 Å². The van der Waals surface area contributed by atoms with E-state index in [9.17, 15) is 19.2 Å². The molecule has 1 atom stereocenters. The molecule has 2 heterocycles. The van der Waals surface area contributed by atoms with E-state index < -0.39 is 23.6 Å². The zero-order valence-corrected chi connectivity index (χ0v) is 16.7. The van der Waals surface area contributed by atoms with E-state index in [4.69, 9.17) is 16.3 Å². The summed E-state index contributed by atoms with van der Waals surface area (Å²) in [5.41, 5.74) is 1.07. The monoisotopic (exact) mass is 407 g/mol. The first-order valence-corrected chi connectivity index (χ1v) is 9.36. The van der Waals surface area contributed by atoms with E-state index in [2.05, 4.69) is 10.6 Å². The summed E-state index contributed by atoms with van der Waals surface area (Å²) < 4.78 is 5.19. The van der Waals surface area contributed by atoms with E-state index in [0.717, 1.165) is 0 Å². The van der Waals surface area contributed by atoms with Gasteiger partial charge in [-0.2, -0.15) is 0 Å². The molecule has 0 aliphatic carbocycles. The Balaban J connectivity index is 1.73. The van der Waals surface area contributed by atoms with Gasteiger partial charge in [-0.15, -0.1) is 0 Å². The smallest absolute Gasteiger partial charge is 0.407 e. The number of benzene rings is 1. The van der Waals surface area contributed by atoms with Crippen molar-refractivity contribution in [2.75, 3.05) is 0 Å². The molecule has 3 rings (SSSR count). The number of fused-ring (bicyclic) bond motifs is 1. The van der Waals surface area contributed by atoms with E-state index in [-0.39, 0.29) is 37.7 Å². The Morgan fingerprint density at radius 3 is 2.68 bits per heavy atom. The highest BCUT2D eigenvalue weighted by atomic mass is 35.5. The molecule has 1 unspecified atom stereocenters. The molecule has 0 saturated carbocycles. The molecule has 150 valence electrons. The van der Waals surface area contributed by atoms with Gasteiger partial charge in [-0.25, -0.2) is 4.79 Å². The fourth-order valence-corrected chi connectivity index (χ4v) is 3.56. The van der Waals surface area contributed by atoms with Crippen LogP contribution in [-0.4, -0.2) is 40.4 Å². The molecule has 8 nitrogen and oxygen atoms in total. The van der Waals surface area contributed by atoms with Crippen LogP contribution >= 0.6 is 11.6 Å². The minimum atomic E-state index is -0.697. The highest BCUT2D eigenvalue weighted by Gasteiger charge is 2.40. The maximum atomic E-state index is 12.8. The fraction of sp³-hybridized carbons (Fsp3) is 0.474. The van der Waals surface area contributed by atoms with Crippen LogP contribution in [0.15, 0.2) is 12.1 Å². The molecule has 28 heavy (non-hydrogen) atoms. The lowest BCUT2D eigenvalue weighted by atomic mass is 10.0. The minimum absolute atomic E-state index is 0.146. The first kappa shape index (κ1) is 20.1. The number of hydrogen-bond donors (Lipinski definition) is 2. The van der Waals surface area contributed by atoms with E-state index in [0.29, 0.717) is 21.7 Å². The third-order valence-corrected chi connectivity index (χ3v) is 4.83. The van der Waals surface area contributed by atoms with Gasteiger partial charge in [0.25, 0.3) is 5.91 Å². The maximum Gasteiger partial charge on any atom is 0.407 e. The summed E-state index contributed by atoms with van der Waals surface area (Å²) in [4.78, 5) is 49.6. The molecular formula is C19H22ClN3O5. The quantitative estimate of drug-likeness (QED) is 0.747. The van der Waals surface area contributed by atoms with E-state index in [1.54, 1.807) is 32.9 Å². The molecule has 2 aliphatic rings. The molecule has 2 aliphatic heterocycles. The number of carbonyl (C=O) groups excluding carboxylic acids is 4. The molecule has 2 N–H and O–H groups in total. The van der Waals surface area contributed by atoms with Crippen molar-refractivity contribution in [1.29, 1.82) is 0 Å². The number of hydrogen-bond acceptors (Lipinski definition) is 5. The minimum Gasteiger partial charge on any atom is -0.444 e. The summed E-state index contributed by atoms with van der Waals surface area (Å²) in [6.07, 6.45) is -0.0923. The average molecular weight is 408 g/mol. The molecule has 0 radical (unpaired) electrons. The van der Waals surface area contributed by atoms with Crippen LogP contribution in [0, 0.1) is 0 Å². The van der Waals surface area contributed by atoms with Crippen molar-refractivity contribution in [2.24, 2.45) is 0 Å². The average Bonchev–Trinajstić information content (AvgIpc) is 2.89. The van der Waals surface area contributed by atoms with Gasteiger partial charge >= 0.3 is 6.09 Å². The normalized spacial score (nSPS) is 19.4. The lowest BCUT2D eigenvalue weighted by molar-refractivity contribution is -0.136. The second kappa shape index (κ2) is 7.43. The van der Waals surface area contributed by atoms with Crippen molar-refractivity contribution >= 4 is 35.4 Å². The standard InChI is InChI=1S/C19H22ClN3O5/c1-19(2,3)28-18(27)21-8-10-6-11-12(13(20)7-10)9-23(17(11)26)14-4-5-15(24)22-16(14)25/h6-7,14H,4-5,8-9H2,1-3H3,(H,21,27)(H,22,24,25). The zero-order valence-electron chi connectivity index (χ0n) is 15.9. The number of alkyl carbamates (subject to hydrolysis) is 1. The van der Waals surface area contributed by atoms with Gasteiger partial charge in [0.2, 0.25) is 11.8 Å². The van der Waals surface area contributed by atoms with Crippen LogP contribution in [0.3, 0.4) is 0 Å². The van der Waals surface area contributed by atoms with E-state index in [1.807, 2.05) is 0 Å². The first-order chi connectivity index (χ1) is 13.0. The predicted molar refractivity (Wildman–Crippen MR) is 101 cm³/mol. The summed E-state index contributed by atoms with van der Waals surface area (Å²) in [6, 6.07) is 2.64. The Labute approximate surface area is 167 Å². The third kappa shape index (κ3) is 4.27. The predicted octanol–water partition coefficient (Wildman–Crippen LogP) is 2.13. The molecular weight excluding hydrogens is 386 g/mol. The molecule has 1 aromatic carbocycles. The summed E-state index contributed by atoms with van der Waals surface area (Å²) in [5, 5.41) is 5.28. The number of piperidine rings is 1. The SMILES string of the molecule is CC(C)(C)OC(=O)NCc1cc(Cl)c2c(c1)C(=O)N(C1CCC(=O)NC1=O)C2. The largest absolute Gasteiger partial charge is 0.444 e. The van der Waals surface area contributed by atoms with Crippen LogP contribution in [0.2, 0.25) is 5.02 Å². The van der Waals surface area contributed by atoms with Crippen LogP contribution in [0.4, 0.5) is 4.79 Å². The Bertz CT molecular complexity index is 862. The Kier molecular flexibility index (Phi) is 5.34.